The van der Waals surface area contributed by atoms with Crippen LogP contribution in [0.4, 0.5) is 5.82 Å². The molecule has 102 valence electrons. The number of ether oxygens (including phenoxy) is 1. The largest absolute Gasteiger partial charge is 0.495 e. The highest BCUT2D eigenvalue weighted by molar-refractivity contribution is 6.32. The van der Waals surface area contributed by atoms with Crippen molar-refractivity contribution in [3.63, 3.8) is 0 Å². The van der Waals surface area contributed by atoms with Gasteiger partial charge in [-0.1, -0.05) is 11.6 Å². The van der Waals surface area contributed by atoms with E-state index in [1.165, 1.54) is 6.33 Å². The topological polar surface area (TPSA) is 90.9 Å². The molecule has 0 amide bonds. The van der Waals surface area contributed by atoms with Crippen LogP contribution in [0.5, 0.6) is 5.75 Å². The number of halogens is 1. The molecule has 0 aliphatic carbocycles. The molecule has 20 heavy (non-hydrogen) atoms. The number of anilines is 1. The Bertz CT molecular complexity index is 772. The predicted molar refractivity (Wildman–Crippen MR) is 76.0 cm³/mol. The summed E-state index contributed by atoms with van der Waals surface area (Å²) in [5, 5.41) is 5.51. The summed E-state index contributed by atoms with van der Waals surface area (Å²) in [6.45, 7) is 0. The number of methoxy groups -OCH3 is 1. The number of rotatable bonds is 3. The van der Waals surface area contributed by atoms with Crippen LogP contribution in [0.1, 0.15) is 0 Å². The van der Waals surface area contributed by atoms with Crippen molar-refractivity contribution in [3.05, 3.63) is 35.7 Å². The quantitative estimate of drug-likeness (QED) is 0.564. The Morgan fingerprint density at radius 2 is 2.20 bits per heavy atom. The van der Waals surface area contributed by atoms with Gasteiger partial charge in [-0.3, -0.25) is 0 Å². The zero-order valence-corrected chi connectivity index (χ0v) is 11.3. The molecule has 0 bridgehead atoms. The van der Waals surface area contributed by atoms with Crippen LogP contribution >= 0.6 is 11.6 Å². The lowest BCUT2D eigenvalue weighted by atomic mass is 10.3. The van der Waals surface area contributed by atoms with Gasteiger partial charge in [-0.25, -0.2) is 20.5 Å². The van der Waals surface area contributed by atoms with E-state index in [1.807, 2.05) is 6.07 Å². The predicted octanol–water partition coefficient (Wildman–Crippen LogP) is 1.76. The lowest BCUT2D eigenvalue weighted by Crippen LogP contribution is -2.09. The summed E-state index contributed by atoms with van der Waals surface area (Å²) in [5.41, 5.74) is 3.92. The Labute approximate surface area is 119 Å². The van der Waals surface area contributed by atoms with Gasteiger partial charge in [0.2, 0.25) is 0 Å². The van der Waals surface area contributed by atoms with E-state index < -0.39 is 0 Å². The van der Waals surface area contributed by atoms with Crippen LogP contribution in [0.2, 0.25) is 5.02 Å². The van der Waals surface area contributed by atoms with E-state index in [1.54, 1.807) is 30.1 Å². The molecule has 0 atom stereocenters. The van der Waals surface area contributed by atoms with Crippen LogP contribution in [0, 0.1) is 0 Å². The van der Waals surface area contributed by atoms with Crippen molar-refractivity contribution in [2.75, 3.05) is 12.5 Å². The lowest BCUT2D eigenvalue weighted by Gasteiger charge is -2.07. The first-order valence-electron chi connectivity index (χ1n) is 5.74. The Morgan fingerprint density at radius 3 is 2.90 bits per heavy atom. The van der Waals surface area contributed by atoms with Crippen LogP contribution in [0.3, 0.4) is 0 Å². The minimum Gasteiger partial charge on any atom is -0.495 e. The van der Waals surface area contributed by atoms with Gasteiger partial charge in [0.05, 0.1) is 29.4 Å². The van der Waals surface area contributed by atoms with Crippen LogP contribution < -0.4 is 16.0 Å². The summed E-state index contributed by atoms with van der Waals surface area (Å²) in [7, 11) is 1.57. The number of nitrogens with zero attached hydrogens (tertiary/aromatic N) is 4. The second-order valence-electron chi connectivity index (χ2n) is 3.98. The minimum absolute atomic E-state index is 0.500. The molecule has 3 rings (SSSR count). The average Bonchev–Trinajstić information content (AvgIpc) is 2.91. The Hall–Kier alpha value is -2.38. The zero-order chi connectivity index (χ0) is 14.1. The van der Waals surface area contributed by atoms with E-state index in [9.17, 15) is 0 Å². The van der Waals surface area contributed by atoms with Gasteiger partial charge in [0.15, 0.2) is 11.5 Å². The zero-order valence-electron chi connectivity index (χ0n) is 10.5. The van der Waals surface area contributed by atoms with Gasteiger partial charge in [0, 0.05) is 0 Å². The van der Waals surface area contributed by atoms with Crippen molar-refractivity contribution in [1.29, 1.82) is 0 Å². The third-order valence-corrected chi connectivity index (χ3v) is 3.18. The molecule has 3 aromatic rings. The van der Waals surface area contributed by atoms with E-state index in [0.29, 0.717) is 22.2 Å². The molecule has 3 N–H and O–H groups in total. The molecule has 0 saturated heterocycles. The number of nitrogen functional groups attached to an aromatic ring is 1. The summed E-state index contributed by atoms with van der Waals surface area (Å²) in [6.07, 6.45) is 3.06. The summed E-state index contributed by atoms with van der Waals surface area (Å²) in [6, 6.07) is 5.37. The van der Waals surface area contributed by atoms with Crippen LogP contribution in [0.25, 0.3) is 16.7 Å². The van der Waals surface area contributed by atoms with E-state index >= 15 is 0 Å². The van der Waals surface area contributed by atoms with E-state index in [0.717, 1.165) is 11.1 Å². The Morgan fingerprint density at radius 1 is 1.35 bits per heavy atom. The van der Waals surface area contributed by atoms with Crippen molar-refractivity contribution in [2.45, 2.75) is 0 Å². The second kappa shape index (κ2) is 4.95. The fraction of sp³-hybridized carbons (Fsp3) is 0.0833. The summed E-state index contributed by atoms with van der Waals surface area (Å²) >= 11 is 6.12. The molecule has 0 saturated carbocycles. The number of hydrogen-bond acceptors (Lipinski definition) is 6. The standard InChI is InChI=1S/C12H11ClN6O/c1-20-10-3-2-7(4-9(10)13)19-12-8(5-17-19)11(18-14)15-6-16-12/h2-6H,14H2,1H3,(H,15,16,18). The molecule has 8 heteroatoms. The van der Waals surface area contributed by atoms with Crippen LogP contribution in [-0.4, -0.2) is 26.9 Å². The number of benzene rings is 1. The maximum atomic E-state index is 6.12. The lowest BCUT2D eigenvalue weighted by molar-refractivity contribution is 0.415. The van der Waals surface area contributed by atoms with Gasteiger partial charge < -0.3 is 10.2 Å². The first-order valence-corrected chi connectivity index (χ1v) is 6.11. The highest BCUT2D eigenvalue weighted by atomic mass is 35.5. The van der Waals surface area contributed by atoms with Crippen molar-refractivity contribution >= 4 is 28.5 Å². The van der Waals surface area contributed by atoms with Gasteiger partial charge >= 0.3 is 0 Å². The average molecular weight is 291 g/mol. The molecule has 0 unspecified atom stereocenters. The second-order valence-corrected chi connectivity index (χ2v) is 4.39. The van der Waals surface area contributed by atoms with Gasteiger partial charge in [-0.2, -0.15) is 5.10 Å². The minimum atomic E-state index is 0.500. The van der Waals surface area contributed by atoms with Crippen molar-refractivity contribution in [2.24, 2.45) is 5.84 Å². The van der Waals surface area contributed by atoms with Crippen molar-refractivity contribution in [3.8, 4) is 11.4 Å². The van der Waals surface area contributed by atoms with Gasteiger partial charge in [0.1, 0.15) is 12.1 Å². The molecule has 0 aliphatic heterocycles. The van der Waals surface area contributed by atoms with E-state index in [2.05, 4.69) is 20.5 Å². The maximum absolute atomic E-state index is 6.12. The third-order valence-electron chi connectivity index (χ3n) is 2.88. The first-order chi connectivity index (χ1) is 9.74. The number of hydrazine groups is 1. The smallest absolute Gasteiger partial charge is 0.168 e. The van der Waals surface area contributed by atoms with Gasteiger partial charge in [0.25, 0.3) is 0 Å². The molecule has 7 nitrogen and oxygen atoms in total. The number of nitrogens with two attached hydrogens (primary N) is 1. The van der Waals surface area contributed by atoms with Crippen molar-refractivity contribution in [1.82, 2.24) is 19.7 Å². The molecule has 2 aromatic heterocycles. The van der Waals surface area contributed by atoms with E-state index in [4.69, 9.17) is 22.2 Å². The van der Waals surface area contributed by atoms with E-state index in [-0.39, 0.29) is 0 Å². The Kier molecular flexibility index (Phi) is 3.13. The van der Waals surface area contributed by atoms with Crippen molar-refractivity contribution < 1.29 is 4.74 Å². The molecule has 0 fully saturated rings. The SMILES string of the molecule is COc1ccc(-n2ncc3c(NN)ncnc32)cc1Cl. The molecule has 2 heterocycles. The van der Waals surface area contributed by atoms with Gasteiger partial charge in [-0.15, -0.1) is 0 Å². The highest BCUT2D eigenvalue weighted by Gasteiger charge is 2.11. The monoisotopic (exact) mass is 290 g/mol. The number of nitrogens with one attached hydrogen (secondary N) is 1. The Balaban J connectivity index is 2.17. The third kappa shape index (κ3) is 1.93. The summed E-state index contributed by atoms with van der Waals surface area (Å²) < 4.78 is 6.78. The molecule has 0 spiro atoms. The maximum Gasteiger partial charge on any atom is 0.168 e. The van der Waals surface area contributed by atoms with Gasteiger partial charge in [-0.05, 0) is 18.2 Å². The molecule has 1 aromatic carbocycles. The first kappa shape index (κ1) is 12.6. The molecular formula is C12H11ClN6O. The molecule has 0 radical (unpaired) electrons. The fourth-order valence-electron chi connectivity index (χ4n) is 1.94. The normalized spacial score (nSPS) is 10.8. The summed E-state index contributed by atoms with van der Waals surface area (Å²) in [4.78, 5) is 8.25. The van der Waals surface area contributed by atoms with Crippen LogP contribution in [0.15, 0.2) is 30.7 Å². The molecular weight excluding hydrogens is 280 g/mol. The fourth-order valence-corrected chi connectivity index (χ4v) is 2.19. The molecule has 0 aliphatic rings. The van der Waals surface area contributed by atoms with Crippen LogP contribution in [-0.2, 0) is 0 Å². The highest BCUT2D eigenvalue weighted by Crippen LogP contribution is 2.28. The number of aromatic nitrogens is 4. The number of hydrogen-bond donors (Lipinski definition) is 2. The summed E-state index contributed by atoms with van der Waals surface area (Å²) in [5.74, 6) is 6.53. The number of fused-ring (bicyclic) bond motifs is 1.